The van der Waals surface area contributed by atoms with Gasteiger partial charge in [-0.3, -0.25) is 4.79 Å². The number of ether oxygens (including phenoxy) is 1. The monoisotopic (exact) mass is 462 g/mol. The number of halogens is 3. The fourth-order valence-electron chi connectivity index (χ4n) is 3.95. The van der Waals surface area contributed by atoms with Crippen LogP contribution in [0, 0.1) is 5.82 Å². The maximum Gasteiger partial charge on any atom is 0.305 e. The minimum Gasteiger partial charge on any atom is -0.481 e. The first-order chi connectivity index (χ1) is 14.9. The second-order valence-corrected chi connectivity index (χ2v) is 8.29. The summed E-state index contributed by atoms with van der Waals surface area (Å²) >= 11 is 12.7. The Balaban J connectivity index is 1.74. The first-order valence-corrected chi connectivity index (χ1v) is 10.8. The van der Waals surface area contributed by atoms with E-state index in [9.17, 15) is 9.18 Å². The minimum atomic E-state index is -0.884. The molecule has 1 atom stereocenters. The Morgan fingerprint density at radius 3 is 2.87 bits per heavy atom. The molecule has 0 spiro atoms. The lowest BCUT2D eigenvalue weighted by Crippen LogP contribution is -2.34. The van der Waals surface area contributed by atoms with E-state index in [1.807, 2.05) is 18.2 Å². The van der Waals surface area contributed by atoms with Gasteiger partial charge in [0, 0.05) is 11.9 Å². The van der Waals surface area contributed by atoms with Crippen LogP contribution in [0.5, 0.6) is 0 Å². The van der Waals surface area contributed by atoms with Gasteiger partial charge in [-0.2, -0.15) is 0 Å². The second kappa shape index (κ2) is 9.39. The lowest BCUT2D eigenvalue weighted by Gasteiger charge is -2.27. The Bertz CT molecular complexity index is 1130. The summed E-state index contributed by atoms with van der Waals surface area (Å²) in [5, 5.41) is 10.3. The van der Waals surface area contributed by atoms with E-state index >= 15 is 0 Å². The van der Waals surface area contributed by atoms with Gasteiger partial charge in [0.05, 0.1) is 41.2 Å². The molecular weight excluding hydrogens is 442 g/mol. The molecule has 162 valence electrons. The van der Waals surface area contributed by atoms with Crippen LogP contribution < -0.4 is 4.90 Å². The zero-order valence-corrected chi connectivity index (χ0v) is 18.2. The van der Waals surface area contributed by atoms with Crippen LogP contribution in [0.4, 0.5) is 10.2 Å². The number of benzene rings is 2. The predicted molar refractivity (Wildman–Crippen MR) is 121 cm³/mol. The van der Waals surface area contributed by atoms with Gasteiger partial charge >= 0.3 is 5.97 Å². The highest BCUT2D eigenvalue weighted by molar-refractivity contribution is 6.45. The van der Waals surface area contributed by atoms with Crippen molar-refractivity contribution in [3.63, 3.8) is 0 Å². The normalized spacial score (nSPS) is 16.2. The SMILES string of the molecule is O=C(O)CCOC[C@@H]1CCCN1c1cc(-c2cccc(F)c2)c2ccc(Cl)c(Cl)c2n1. The molecule has 1 aromatic heterocycles. The zero-order chi connectivity index (χ0) is 22.0. The molecular formula is C23H21Cl2FN2O3. The Morgan fingerprint density at radius 2 is 2.10 bits per heavy atom. The number of hydrogen-bond acceptors (Lipinski definition) is 4. The first-order valence-electron chi connectivity index (χ1n) is 10.0. The topological polar surface area (TPSA) is 62.7 Å². The standard InChI is InChI=1S/C23H21Cl2FN2O3/c24-19-7-6-17-18(14-3-1-4-15(26)11-14)12-20(27-23(17)22(19)25)28-9-2-5-16(28)13-31-10-8-21(29)30/h1,3-4,6-7,11-12,16H,2,5,8-10,13H2,(H,29,30)/t16-/m0/s1. The van der Waals surface area contributed by atoms with Crippen molar-refractivity contribution in [3.05, 3.63) is 58.3 Å². The van der Waals surface area contributed by atoms with E-state index in [4.69, 9.17) is 38.0 Å². The van der Waals surface area contributed by atoms with Crippen LogP contribution in [-0.2, 0) is 9.53 Å². The lowest BCUT2D eigenvalue weighted by molar-refractivity contribution is -0.138. The summed E-state index contributed by atoms with van der Waals surface area (Å²) in [6.07, 6.45) is 1.84. The van der Waals surface area contributed by atoms with Crippen LogP contribution in [0.15, 0.2) is 42.5 Å². The molecule has 0 saturated carbocycles. The van der Waals surface area contributed by atoms with Crippen molar-refractivity contribution in [1.82, 2.24) is 4.98 Å². The predicted octanol–water partition coefficient (Wildman–Crippen LogP) is 5.81. The first kappa shape index (κ1) is 21.8. The van der Waals surface area contributed by atoms with E-state index in [0.29, 0.717) is 28.0 Å². The molecule has 0 unspecified atom stereocenters. The van der Waals surface area contributed by atoms with Crippen LogP contribution in [0.25, 0.3) is 22.0 Å². The van der Waals surface area contributed by atoms with Gasteiger partial charge in [0.15, 0.2) is 0 Å². The van der Waals surface area contributed by atoms with E-state index in [0.717, 1.165) is 35.9 Å². The van der Waals surface area contributed by atoms with E-state index < -0.39 is 5.97 Å². The largest absolute Gasteiger partial charge is 0.481 e. The molecule has 0 amide bonds. The lowest BCUT2D eigenvalue weighted by atomic mass is 10.0. The number of anilines is 1. The Kier molecular flexibility index (Phi) is 6.60. The van der Waals surface area contributed by atoms with Crippen molar-refractivity contribution < 1.29 is 19.0 Å². The molecule has 31 heavy (non-hydrogen) atoms. The molecule has 2 heterocycles. The highest BCUT2D eigenvalue weighted by Gasteiger charge is 2.27. The third kappa shape index (κ3) is 4.76. The van der Waals surface area contributed by atoms with Gasteiger partial charge in [-0.1, -0.05) is 41.4 Å². The smallest absolute Gasteiger partial charge is 0.305 e. The zero-order valence-electron chi connectivity index (χ0n) is 16.7. The molecule has 0 radical (unpaired) electrons. The summed E-state index contributed by atoms with van der Waals surface area (Å²) < 4.78 is 19.6. The van der Waals surface area contributed by atoms with Gasteiger partial charge in [-0.15, -0.1) is 0 Å². The van der Waals surface area contributed by atoms with Gasteiger partial charge in [0.1, 0.15) is 11.6 Å². The fourth-order valence-corrected chi connectivity index (χ4v) is 4.31. The van der Waals surface area contributed by atoms with Gasteiger partial charge in [0.2, 0.25) is 0 Å². The Labute approximate surface area is 189 Å². The number of carboxylic acid groups (broad SMARTS) is 1. The van der Waals surface area contributed by atoms with Crippen molar-refractivity contribution in [2.45, 2.75) is 25.3 Å². The summed E-state index contributed by atoms with van der Waals surface area (Å²) in [6, 6.07) is 12.0. The van der Waals surface area contributed by atoms with Crippen molar-refractivity contribution in [3.8, 4) is 11.1 Å². The molecule has 1 N–H and O–H groups in total. The molecule has 1 fully saturated rings. The van der Waals surface area contributed by atoms with Gasteiger partial charge in [0.25, 0.3) is 0 Å². The van der Waals surface area contributed by atoms with Crippen LogP contribution in [0.2, 0.25) is 10.0 Å². The Morgan fingerprint density at radius 1 is 1.26 bits per heavy atom. The van der Waals surface area contributed by atoms with Crippen LogP contribution in [-0.4, -0.2) is 41.9 Å². The minimum absolute atomic E-state index is 0.0290. The van der Waals surface area contributed by atoms with Gasteiger partial charge < -0.3 is 14.7 Å². The van der Waals surface area contributed by atoms with E-state index in [1.165, 1.54) is 12.1 Å². The molecule has 1 aliphatic heterocycles. The summed E-state index contributed by atoms with van der Waals surface area (Å²) in [4.78, 5) is 17.6. The fraction of sp³-hybridized carbons (Fsp3) is 0.304. The average Bonchev–Trinajstić information content (AvgIpc) is 3.22. The number of pyridine rings is 1. The number of carbonyl (C=O) groups is 1. The molecule has 0 aliphatic carbocycles. The van der Waals surface area contributed by atoms with E-state index in [2.05, 4.69) is 4.90 Å². The number of carboxylic acids is 1. The van der Waals surface area contributed by atoms with Crippen molar-refractivity contribution in [1.29, 1.82) is 0 Å². The Hall–Kier alpha value is -2.41. The average molecular weight is 463 g/mol. The summed E-state index contributed by atoms with van der Waals surface area (Å²) in [6.45, 7) is 1.36. The molecule has 4 rings (SSSR count). The molecule has 2 aromatic carbocycles. The quantitative estimate of drug-likeness (QED) is 0.449. The number of aromatic nitrogens is 1. The number of hydrogen-bond donors (Lipinski definition) is 1. The molecule has 1 aliphatic rings. The van der Waals surface area contributed by atoms with Crippen LogP contribution in [0.3, 0.4) is 0 Å². The number of rotatable bonds is 7. The third-order valence-electron chi connectivity index (χ3n) is 5.44. The molecule has 1 saturated heterocycles. The van der Waals surface area contributed by atoms with Gasteiger partial charge in [-0.25, -0.2) is 9.37 Å². The van der Waals surface area contributed by atoms with Crippen molar-refractivity contribution >= 4 is 45.9 Å². The maximum atomic E-state index is 14.0. The van der Waals surface area contributed by atoms with Crippen molar-refractivity contribution in [2.75, 3.05) is 24.7 Å². The summed E-state index contributed by atoms with van der Waals surface area (Å²) in [5.74, 6) is -0.499. The third-order valence-corrected chi connectivity index (χ3v) is 6.23. The van der Waals surface area contributed by atoms with E-state index in [1.54, 1.807) is 12.1 Å². The second-order valence-electron chi connectivity index (χ2n) is 7.50. The number of aliphatic carboxylic acids is 1. The summed E-state index contributed by atoms with van der Waals surface area (Å²) in [5.41, 5.74) is 2.10. The number of fused-ring (bicyclic) bond motifs is 1. The highest BCUT2D eigenvalue weighted by Crippen LogP contribution is 2.38. The molecule has 8 heteroatoms. The van der Waals surface area contributed by atoms with Crippen LogP contribution in [0.1, 0.15) is 19.3 Å². The van der Waals surface area contributed by atoms with E-state index in [-0.39, 0.29) is 24.9 Å². The maximum absolute atomic E-state index is 14.0. The summed E-state index contributed by atoms with van der Waals surface area (Å²) in [7, 11) is 0. The molecule has 0 bridgehead atoms. The number of nitrogens with zero attached hydrogens (tertiary/aromatic N) is 2. The highest BCUT2D eigenvalue weighted by atomic mass is 35.5. The molecule has 3 aromatic rings. The van der Waals surface area contributed by atoms with Crippen molar-refractivity contribution in [2.24, 2.45) is 0 Å². The van der Waals surface area contributed by atoms with Gasteiger partial charge in [-0.05, 0) is 48.2 Å². The van der Waals surface area contributed by atoms with Crippen LogP contribution >= 0.6 is 23.2 Å². The molecule has 5 nitrogen and oxygen atoms in total.